The fourth-order valence-corrected chi connectivity index (χ4v) is 4.15. The molecular formula is C15H27NO2S. The van der Waals surface area contributed by atoms with E-state index in [0.717, 1.165) is 37.1 Å². The summed E-state index contributed by atoms with van der Waals surface area (Å²) in [7, 11) is 0. The van der Waals surface area contributed by atoms with Crippen molar-refractivity contribution in [2.75, 3.05) is 6.54 Å². The molecule has 0 unspecified atom stereocenters. The Balaban J connectivity index is 1.69. The summed E-state index contributed by atoms with van der Waals surface area (Å²) in [4.78, 5) is 10.8. The molecule has 0 heterocycles. The smallest absolute Gasteiger partial charge is 0.364 e. The van der Waals surface area contributed by atoms with Crippen LogP contribution in [0.3, 0.4) is 0 Å². The van der Waals surface area contributed by atoms with Gasteiger partial charge in [-0.3, -0.25) is 0 Å². The van der Waals surface area contributed by atoms with Gasteiger partial charge in [-0.1, -0.05) is 25.5 Å². The van der Waals surface area contributed by atoms with Crippen molar-refractivity contribution in [3.8, 4) is 0 Å². The molecule has 0 aliphatic heterocycles. The highest BCUT2D eigenvalue weighted by Gasteiger charge is 2.31. The Morgan fingerprint density at radius 3 is 2.00 bits per heavy atom. The lowest BCUT2D eigenvalue weighted by Crippen LogP contribution is -2.29. The fourth-order valence-electron chi connectivity index (χ4n) is 4.00. The van der Waals surface area contributed by atoms with Gasteiger partial charge >= 0.3 is 5.30 Å². The summed E-state index contributed by atoms with van der Waals surface area (Å²) in [5, 5.41) is -0.425. The lowest BCUT2D eigenvalue weighted by molar-refractivity contribution is 0.0632. The van der Waals surface area contributed by atoms with Crippen LogP contribution in [0.2, 0.25) is 0 Å². The largest absolute Gasteiger partial charge is 0.454 e. The highest BCUT2D eigenvalue weighted by molar-refractivity contribution is 7.96. The normalized spacial score (nSPS) is 35.9. The molecule has 2 aliphatic rings. The average molecular weight is 285 g/mol. The molecule has 4 heteroatoms. The van der Waals surface area contributed by atoms with Crippen LogP contribution in [0.4, 0.5) is 4.79 Å². The van der Waals surface area contributed by atoms with Crippen LogP contribution in [0, 0.1) is 17.8 Å². The van der Waals surface area contributed by atoms with Crippen LogP contribution >= 0.6 is 12.6 Å². The van der Waals surface area contributed by atoms with E-state index < -0.39 is 5.30 Å². The van der Waals surface area contributed by atoms with Crippen molar-refractivity contribution in [1.29, 1.82) is 0 Å². The van der Waals surface area contributed by atoms with Crippen molar-refractivity contribution in [3.05, 3.63) is 0 Å². The molecule has 2 aliphatic carbocycles. The summed E-state index contributed by atoms with van der Waals surface area (Å²) in [6.07, 6.45) is 11.3. The molecule has 0 aromatic rings. The van der Waals surface area contributed by atoms with E-state index in [-0.39, 0.29) is 6.10 Å². The number of hydrogen-bond acceptors (Lipinski definition) is 3. The third kappa shape index (κ3) is 4.67. The molecule has 0 aromatic heterocycles. The van der Waals surface area contributed by atoms with E-state index in [4.69, 9.17) is 10.5 Å². The van der Waals surface area contributed by atoms with Crippen LogP contribution < -0.4 is 5.73 Å². The summed E-state index contributed by atoms with van der Waals surface area (Å²) < 4.78 is 5.19. The second kappa shape index (κ2) is 7.53. The van der Waals surface area contributed by atoms with Crippen LogP contribution in [0.15, 0.2) is 0 Å². The number of ether oxygens (including phenoxy) is 1. The maximum absolute atomic E-state index is 10.8. The molecule has 0 radical (unpaired) electrons. The Morgan fingerprint density at radius 1 is 1.00 bits per heavy atom. The summed E-state index contributed by atoms with van der Waals surface area (Å²) in [6, 6.07) is 0. The Morgan fingerprint density at radius 2 is 1.53 bits per heavy atom. The first-order valence-corrected chi connectivity index (χ1v) is 8.23. The fraction of sp³-hybridized carbons (Fsp3) is 0.933. The average Bonchev–Trinajstić information content (AvgIpc) is 2.40. The third-order valence-corrected chi connectivity index (χ3v) is 5.22. The van der Waals surface area contributed by atoms with Gasteiger partial charge in [0.05, 0.1) is 0 Å². The van der Waals surface area contributed by atoms with E-state index in [1.807, 2.05) is 0 Å². The minimum Gasteiger partial charge on any atom is -0.454 e. The number of carbonyl (C=O) groups is 1. The van der Waals surface area contributed by atoms with Crippen LogP contribution in [0.1, 0.15) is 57.8 Å². The van der Waals surface area contributed by atoms with Crippen molar-refractivity contribution >= 4 is 17.9 Å². The minimum atomic E-state index is -0.425. The molecule has 0 spiro atoms. The van der Waals surface area contributed by atoms with Gasteiger partial charge < -0.3 is 10.5 Å². The molecule has 110 valence electrons. The molecular weight excluding hydrogens is 258 g/mol. The van der Waals surface area contributed by atoms with Crippen molar-refractivity contribution in [2.24, 2.45) is 23.5 Å². The van der Waals surface area contributed by atoms with Crippen molar-refractivity contribution in [3.63, 3.8) is 0 Å². The summed E-state index contributed by atoms with van der Waals surface area (Å²) in [6.45, 7) is 0.843. The second-order valence-electron chi connectivity index (χ2n) is 6.28. The quantitative estimate of drug-likeness (QED) is 0.610. The van der Waals surface area contributed by atoms with Gasteiger partial charge in [0, 0.05) is 0 Å². The maximum atomic E-state index is 10.8. The third-order valence-electron chi connectivity index (χ3n) is 5.12. The Kier molecular flexibility index (Phi) is 6.02. The van der Waals surface area contributed by atoms with E-state index in [1.54, 1.807) is 0 Å². The van der Waals surface area contributed by atoms with Gasteiger partial charge in [-0.2, -0.15) is 0 Å². The van der Waals surface area contributed by atoms with Gasteiger partial charge in [0.1, 0.15) is 6.10 Å². The van der Waals surface area contributed by atoms with Gasteiger partial charge in [-0.05, 0) is 69.2 Å². The van der Waals surface area contributed by atoms with Crippen LogP contribution in [-0.4, -0.2) is 18.0 Å². The van der Waals surface area contributed by atoms with Gasteiger partial charge in [0.25, 0.3) is 0 Å². The molecule has 19 heavy (non-hydrogen) atoms. The predicted molar refractivity (Wildman–Crippen MR) is 80.3 cm³/mol. The Bertz CT molecular complexity index is 282. The summed E-state index contributed by atoms with van der Waals surface area (Å²) in [5.74, 6) is 2.64. The first-order valence-electron chi connectivity index (χ1n) is 7.78. The Labute approximate surface area is 122 Å². The summed E-state index contributed by atoms with van der Waals surface area (Å²) >= 11 is 3.69. The topological polar surface area (TPSA) is 52.3 Å². The maximum Gasteiger partial charge on any atom is 0.364 e. The standard InChI is InChI=1S/C15H27NO2S/c16-10-9-11-1-3-12(4-2-11)13-5-7-14(8-6-13)18-15(17)19/h11-14H,1-10,16H2,(H,17,19). The molecule has 0 atom stereocenters. The van der Waals surface area contributed by atoms with Crippen LogP contribution in [-0.2, 0) is 4.74 Å². The van der Waals surface area contributed by atoms with E-state index in [9.17, 15) is 4.79 Å². The second-order valence-corrected chi connectivity index (χ2v) is 6.64. The molecule has 0 aromatic carbocycles. The number of carbonyl (C=O) groups excluding carboxylic acids is 1. The lowest BCUT2D eigenvalue weighted by Gasteiger charge is -2.37. The van der Waals surface area contributed by atoms with Gasteiger partial charge in [-0.15, -0.1) is 0 Å². The van der Waals surface area contributed by atoms with Gasteiger partial charge in [0.2, 0.25) is 0 Å². The number of thiol groups is 1. The molecule has 2 saturated carbocycles. The van der Waals surface area contributed by atoms with E-state index in [2.05, 4.69) is 12.6 Å². The van der Waals surface area contributed by atoms with Crippen molar-refractivity contribution in [2.45, 2.75) is 63.9 Å². The van der Waals surface area contributed by atoms with Gasteiger partial charge in [-0.25, -0.2) is 4.79 Å². The van der Waals surface area contributed by atoms with Crippen molar-refractivity contribution < 1.29 is 9.53 Å². The number of rotatable bonds is 4. The lowest BCUT2D eigenvalue weighted by atomic mass is 9.70. The molecule has 0 saturated heterocycles. The number of nitrogens with two attached hydrogens (primary N) is 1. The first kappa shape index (κ1) is 15.2. The van der Waals surface area contributed by atoms with E-state index in [0.29, 0.717) is 0 Å². The number of hydrogen-bond donors (Lipinski definition) is 2. The Hall–Kier alpha value is -0.220. The van der Waals surface area contributed by atoms with E-state index in [1.165, 1.54) is 44.9 Å². The van der Waals surface area contributed by atoms with Crippen LogP contribution in [0.5, 0.6) is 0 Å². The predicted octanol–water partition coefficient (Wildman–Crippen LogP) is 3.77. The summed E-state index contributed by atoms with van der Waals surface area (Å²) in [5.41, 5.74) is 5.64. The minimum absolute atomic E-state index is 0.120. The molecule has 2 rings (SSSR count). The van der Waals surface area contributed by atoms with Crippen molar-refractivity contribution in [1.82, 2.24) is 0 Å². The SMILES string of the molecule is NCCC1CCC(C2CCC(OC(=O)S)CC2)CC1. The highest BCUT2D eigenvalue weighted by Crippen LogP contribution is 2.41. The molecule has 2 N–H and O–H groups in total. The molecule has 0 bridgehead atoms. The van der Waals surface area contributed by atoms with Gasteiger partial charge in [0.15, 0.2) is 0 Å². The molecule has 2 fully saturated rings. The zero-order valence-electron chi connectivity index (χ0n) is 11.7. The highest BCUT2D eigenvalue weighted by atomic mass is 32.1. The zero-order chi connectivity index (χ0) is 13.7. The monoisotopic (exact) mass is 285 g/mol. The molecule has 3 nitrogen and oxygen atoms in total. The zero-order valence-corrected chi connectivity index (χ0v) is 12.6. The first-order chi connectivity index (χ1) is 9.19. The molecule has 0 amide bonds. The van der Waals surface area contributed by atoms with Crippen LogP contribution in [0.25, 0.3) is 0 Å². The van der Waals surface area contributed by atoms with E-state index >= 15 is 0 Å².